The van der Waals surface area contributed by atoms with Gasteiger partial charge in [-0.05, 0) is 24.3 Å². The number of imidazole rings is 1. The van der Waals surface area contributed by atoms with E-state index in [4.69, 9.17) is 5.73 Å². The van der Waals surface area contributed by atoms with Gasteiger partial charge in [0.15, 0.2) is 5.96 Å². The van der Waals surface area contributed by atoms with E-state index < -0.39 is 0 Å². The quantitative estimate of drug-likeness (QED) is 0.683. The van der Waals surface area contributed by atoms with Crippen LogP contribution in [-0.2, 0) is 13.6 Å². The van der Waals surface area contributed by atoms with Gasteiger partial charge in [-0.15, -0.1) is 0 Å². The molecule has 0 bridgehead atoms. The zero-order valence-electron chi connectivity index (χ0n) is 13.2. The summed E-state index contributed by atoms with van der Waals surface area (Å²) in [4.78, 5) is 13.0. The monoisotopic (exact) mass is 316 g/mol. The second-order valence-electron chi connectivity index (χ2n) is 5.58. The molecule has 6 nitrogen and oxygen atoms in total. The molecule has 1 aromatic carbocycles. The summed E-state index contributed by atoms with van der Waals surface area (Å²) < 4.78 is 14.9. The molecule has 0 radical (unpaired) electrons. The van der Waals surface area contributed by atoms with Crippen LogP contribution in [0.4, 0.5) is 10.1 Å². The highest BCUT2D eigenvalue weighted by Crippen LogP contribution is 2.16. The Morgan fingerprint density at radius 1 is 1.22 bits per heavy atom. The molecular weight excluding hydrogens is 295 g/mol. The lowest BCUT2D eigenvalue weighted by Crippen LogP contribution is -2.51. The lowest BCUT2D eigenvalue weighted by Gasteiger charge is -2.36. The number of nitrogens with two attached hydrogens (primary N) is 1. The fraction of sp³-hybridized carbons (Fsp3) is 0.375. The molecule has 0 amide bonds. The van der Waals surface area contributed by atoms with E-state index in [-0.39, 0.29) is 5.82 Å². The largest absolute Gasteiger partial charge is 0.370 e. The number of aromatic nitrogens is 2. The average Bonchev–Trinajstić information content (AvgIpc) is 2.99. The van der Waals surface area contributed by atoms with Gasteiger partial charge in [0.1, 0.15) is 18.2 Å². The number of hydrogen-bond acceptors (Lipinski definition) is 3. The fourth-order valence-electron chi connectivity index (χ4n) is 2.65. The van der Waals surface area contributed by atoms with Gasteiger partial charge in [0.05, 0.1) is 0 Å². The summed E-state index contributed by atoms with van der Waals surface area (Å²) in [6.45, 7) is 3.75. The number of piperazine rings is 1. The van der Waals surface area contributed by atoms with Gasteiger partial charge in [-0.3, -0.25) is 0 Å². The number of hydrogen-bond donors (Lipinski definition) is 1. The van der Waals surface area contributed by atoms with Gasteiger partial charge in [-0.1, -0.05) is 0 Å². The van der Waals surface area contributed by atoms with Crippen molar-refractivity contribution >= 4 is 11.6 Å². The molecule has 3 rings (SSSR count). The molecule has 0 saturated carbocycles. The molecule has 1 aliphatic rings. The van der Waals surface area contributed by atoms with Crippen molar-refractivity contribution in [2.24, 2.45) is 17.8 Å². The van der Waals surface area contributed by atoms with Gasteiger partial charge in [0.25, 0.3) is 0 Å². The van der Waals surface area contributed by atoms with Gasteiger partial charge in [0, 0.05) is 51.3 Å². The lowest BCUT2D eigenvalue weighted by molar-refractivity contribution is 0.380. The predicted molar refractivity (Wildman–Crippen MR) is 88.7 cm³/mol. The van der Waals surface area contributed by atoms with Gasteiger partial charge in [-0.2, -0.15) is 0 Å². The van der Waals surface area contributed by atoms with E-state index >= 15 is 0 Å². The first-order valence-electron chi connectivity index (χ1n) is 7.65. The van der Waals surface area contributed by atoms with Gasteiger partial charge < -0.3 is 20.1 Å². The molecule has 0 unspecified atom stereocenters. The normalized spacial score (nSPS) is 16.0. The molecule has 2 heterocycles. The molecule has 2 N–H and O–H groups in total. The van der Waals surface area contributed by atoms with E-state index in [9.17, 15) is 4.39 Å². The number of aryl methyl sites for hydroxylation is 1. The first kappa shape index (κ1) is 15.3. The molecule has 0 spiro atoms. The second kappa shape index (κ2) is 6.68. The highest BCUT2D eigenvalue weighted by molar-refractivity contribution is 5.78. The molecule has 23 heavy (non-hydrogen) atoms. The minimum absolute atomic E-state index is 0.210. The number of aliphatic imine (C=N–C) groups is 1. The van der Waals surface area contributed by atoms with E-state index in [1.807, 2.05) is 29.9 Å². The van der Waals surface area contributed by atoms with Gasteiger partial charge >= 0.3 is 0 Å². The number of rotatable bonds is 3. The molecule has 2 aromatic rings. The lowest BCUT2D eigenvalue weighted by atomic mass is 10.2. The maximum Gasteiger partial charge on any atom is 0.191 e. The summed E-state index contributed by atoms with van der Waals surface area (Å²) in [5.41, 5.74) is 7.13. The van der Waals surface area contributed by atoms with Crippen molar-refractivity contribution < 1.29 is 4.39 Å². The number of guanidine groups is 1. The third-order valence-corrected chi connectivity index (χ3v) is 4.10. The number of nitrogens with zero attached hydrogens (tertiary/aromatic N) is 5. The summed E-state index contributed by atoms with van der Waals surface area (Å²) in [6, 6.07) is 6.60. The molecule has 1 aliphatic heterocycles. The van der Waals surface area contributed by atoms with E-state index in [0.717, 1.165) is 37.7 Å². The molecule has 7 heteroatoms. The highest BCUT2D eigenvalue weighted by atomic mass is 19.1. The topological polar surface area (TPSA) is 62.7 Å². The van der Waals surface area contributed by atoms with Crippen molar-refractivity contribution in [1.29, 1.82) is 0 Å². The summed E-state index contributed by atoms with van der Waals surface area (Å²) in [5.74, 6) is 1.22. The summed E-state index contributed by atoms with van der Waals surface area (Å²) >= 11 is 0. The predicted octanol–water partition coefficient (Wildman–Crippen LogP) is 1.20. The highest BCUT2D eigenvalue weighted by Gasteiger charge is 2.18. The molecule has 0 aliphatic carbocycles. The average molecular weight is 316 g/mol. The number of halogens is 1. The summed E-state index contributed by atoms with van der Waals surface area (Å²) in [6.07, 6.45) is 3.64. The molecule has 1 aromatic heterocycles. The van der Waals surface area contributed by atoms with Gasteiger partial charge in [0.2, 0.25) is 0 Å². The maximum atomic E-state index is 13.0. The van der Waals surface area contributed by atoms with Crippen LogP contribution in [0.2, 0.25) is 0 Å². The van der Waals surface area contributed by atoms with E-state index in [1.165, 1.54) is 12.1 Å². The minimum atomic E-state index is -0.210. The third kappa shape index (κ3) is 3.61. The van der Waals surface area contributed by atoms with E-state index in [2.05, 4.69) is 19.8 Å². The van der Waals surface area contributed by atoms with Crippen LogP contribution in [-0.4, -0.2) is 46.6 Å². The summed E-state index contributed by atoms with van der Waals surface area (Å²) in [7, 11) is 1.94. The van der Waals surface area contributed by atoms with Crippen molar-refractivity contribution in [2.75, 3.05) is 31.1 Å². The smallest absolute Gasteiger partial charge is 0.191 e. The third-order valence-electron chi connectivity index (χ3n) is 4.10. The van der Waals surface area contributed by atoms with Crippen LogP contribution in [0.5, 0.6) is 0 Å². The number of anilines is 1. The van der Waals surface area contributed by atoms with Crippen molar-refractivity contribution in [3.05, 3.63) is 48.3 Å². The van der Waals surface area contributed by atoms with Gasteiger partial charge in [-0.25, -0.2) is 14.4 Å². The molecular formula is C16H21FN6. The Bertz CT molecular complexity index is 670. The number of benzene rings is 1. The fourth-order valence-corrected chi connectivity index (χ4v) is 2.65. The molecule has 1 saturated heterocycles. The van der Waals surface area contributed by atoms with Crippen LogP contribution in [0.25, 0.3) is 0 Å². The van der Waals surface area contributed by atoms with Crippen molar-refractivity contribution in [3.8, 4) is 0 Å². The maximum absolute atomic E-state index is 13.0. The molecule has 122 valence electrons. The van der Waals surface area contributed by atoms with Crippen molar-refractivity contribution in [2.45, 2.75) is 6.54 Å². The van der Waals surface area contributed by atoms with Crippen LogP contribution in [0, 0.1) is 5.82 Å². The first-order valence-corrected chi connectivity index (χ1v) is 7.65. The standard InChI is InChI=1S/C16H21FN6/c1-21-7-6-19-15(21)12-20-16(18)23-10-8-22(9-11-23)14-4-2-13(17)3-5-14/h2-7H,8-12H2,1H3,(H2,18,20). The van der Waals surface area contributed by atoms with Crippen LogP contribution in [0.15, 0.2) is 41.7 Å². The van der Waals surface area contributed by atoms with Crippen LogP contribution in [0.3, 0.4) is 0 Å². The van der Waals surface area contributed by atoms with Crippen LogP contribution in [0.1, 0.15) is 5.82 Å². The zero-order valence-corrected chi connectivity index (χ0v) is 13.2. The van der Waals surface area contributed by atoms with Crippen molar-refractivity contribution in [3.63, 3.8) is 0 Å². The Hall–Kier alpha value is -2.57. The SMILES string of the molecule is Cn1ccnc1CN=C(N)N1CCN(c2ccc(F)cc2)CC1. The Kier molecular flexibility index (Phi) is 4.45. The molecule has 0 atom stereocenters. The van der Waals surface area contributed by atoms with Crippen LogP contribution >= 0.6 is 0 Å². The van der Waals surface area contributed by atoms with Crippen molar-refractivity contribution in [1.82, 2.24) is 14.5 Å². The zero-order chi connectivity index (χ0) is 16.2. The molecule has 1 fully saturated rings. The van der Waals surface area contributed by atoms with Crippen LogP contribution < -0.4 is 10.6 Å². The minimum Gasteiger partial charge on any atom is -0.370 e. The Morgan fingerprint density at radius 2 is 1.91 bits per heavy atom. The Morgan fingerprint density at radius 3 is 2.52 bits per heavy atom. The van der Waals surface area contributed by atoms with E-state index in [0.29, 0.717) is 12.5 Å². The second-order valence-corrected chi connectivity index (χ2v) is 5.58. The summed E-state index contributed by atoms with van der Waals surface area (Å²) in [5, 5.41) is 0. The van der Waals surface area contributed by atoms with E-state index in [1.54, 1.807) is 6.20 Å². The Labute approximate surface area is 135 Å². The first-order chi connectivity index (χ1) is 11.1. The Balaban J connectivity index is 1.55.